The van der Waals surface area contributed by atoms with E-state index in [-0.39, 0.29) is 0 Å². The quantitative estimate of drug-likeness (QED) is 0.532. The number of rotatable bonds is 2. The van der Waals surface area contributed by atoms with E-state index >= 15 is 0 Å². The standard InChI is InChI=1S/C13H14N2O/c1-9-8-12(6-7-13(9)16)15-11-4-2-10(14)3-5-11/h2-8,15-16H,14H2,1H3. The topological polar surface area (TPSA) is 58.3 Å². The molecule has 16 heavy (non-hydrogen) atoms. The Morgan fingerprint density at radius 2 is 1.62 bits per heavy atom. The van der Waals surface area contributed by atoms with Gasteiger partial charge in [0.1, 0.15) is 5.75 Å². The second kappa shape index (κ2) is 4.14. The van der Waals surface area contributed by atoms with Gasteiger partial charge < -0.3 is 16.2 Å². The lowest BCUT2D eigenvalue weighted by Gasteiger charge is -2.08. The Morgan fingerprint density at radius 1 is 1.00 bits per heavy atom. The van der Waals surface area contributed by atoms with E-state index in [2.05, 4.69) is 5.32 Å². The van der Waals surface area contributed by atoms with Gasteiger partial charge >= 0.3 is 0 Å². The summed E-state index contributed by atoms with van der Waals surface area (Å²) in [6.45, 7) is 1.86. The molecule has 0 bridgehead atoms. The van der Waals surface area contributed by atoms with Crippen molar-refractivity contribution in [3.63, 3.8) is 0 Å². The van der Waals surface area contributed by atoms with Crippen LogP contribution < -0.4 is 11.1 Å². The zero-order chi connectivity index (χ0) is 11.5. The lowest BCUT2D eigenvalue weighted by atomic mass is 10.2. The van der Waals surface area contributed by atoms with Crippen molar-refractivity contribution >= 4 is 17.1 Å². The monoisotopic (exact) mass is 214 g/mol. The van der Waals surface area contributed by atoms with Crippen LogP contribution in [0.15, 0.2) is 42.5 Å². The van der Waals surface area contributed by atoms with Crippen molar-refractivity contribution in [1.29, 1.82) is 0 Å². The summed E-state index contributed by atoms with van der Waals surface area (Å²) in [5.41, 5.74) is 9.11. The number of benzene rings is 2. The lowest BCUT2D eigenvalue weighted by Crippen LogP contribution is -1.91. The first-order valence-electron chi connectivity index (χ1n) is 5.07. The Kier molecular flexibility index (Phi) is 2.68. The number of aromatic hydroxyl groups is 1. The van der Waals surface area contributed by atoms with Gasteiger partial charge in [0.2, 0.25) is 0 Å². The molecule has 4 N–H and O–H groups in total. The predicted octanol–water partition coefficient (Wildman–Crippen LogP) is 3.03. The number of nitrogens with one attached hydrogen (secondary N) is 1. The van der Waals surface area contributed by atoms with Gasteiger partial charge in [-0.05, 0) is 55.0 Å². The third-order valence-electron chi connectivity index (χ3n) is 2.40. The molecule has 0 heterocycles. The fourth-order valence-corrected chi connectivity index (χ4v) is 1.47. The molecule has 0 aliphatic heterocycles. The molecule has 0 spiro atoms. The van der Waals surface area contributed by atoms with E-state index in [4.69, 9.17) is 5.73 Å². The highest BCUT2D eigenvalue weighted by Crippen LogP contribution is 2.23. The summed E-state index contributed by atoms with van der Waals surface area (Å²) in [5.74, 6) is 0.308. The van der Waals surface area contributed by atoms with Crippen molar-refractivity contribution in [2.75, 3.05) is 11.1 Å². The van der Waals surface area contributed by atoms with Crippen LogP contribution in [0.4, 0.5) is 17.1 Å². The van der Waals surface area contributed by atoms with Gasteiger partial charge in [-0.1, -0.05) is 0 Å². The highest BCUT2D eigenvalue weighted by molar-refractivity contribution is 5.63. The fourth-order valence-electron chi connectivity index (χ4n) is 1.47. The van der Waals surface area contributed by atoms with Crippen LogP contribution in [-0.4, -0.2) is 5.11 Å². The minimum atomic E-state index is 0.308. The van der Waals surface area contributed by atoms with Crippen LogP contribution in [0.3, 0.4) is 0 Å². The maximum atomic E-state index is 9.40. The number of anilines is 3. The van der Waals surface area contributed by atoms with Crippen molar-refractivity contribution in [2.24, 2.45) is 0 Å². The third-order valence-corrected chi connectivity index (χ3v) is 2.40. The minimum absolute atomic E-state index is 0.308. The number of phenolic OH excluding ortho intramolecular Hbond substituents is 1. The zero-order valence-corrected chi connectivity index (χ0v) is 9.07. The van der Waals surface area contributed by atoms with Gasteiger partial charge in [-0.25, -0.2) is 0 Å². The van der Waals surface area contributed by atoms with Crippen LogP contribution >= 0.6 is 0 Å². The van der Waals surface area contributed by atoms with Gasteiger partial charge in [-0.3, -0.25) is 0 Å². The molecule has 0 aliphatic carbocycles. The lowest BCUT2D eigenvalue weighted by molar-refractivity contribution is 0.471. The summed E-state index contributed by atoms with van der Waals surface area (Å²) in [7, 11) is 0. The van der Waals surface area contributed by atoms with Crippen LogP contribution in [0.25, 0.3) is 0 Å². The number of nitrogens with two attached hydrogens (primary N) is 1. The summed E-state index contributed by atoms with van der Waals surface area (Å²) in [6.07, 6.45) is 0. The van der Waals surface area contributed by atoms with Gasteiger partial charge in [0.15, 0.2) is 0 Å². The maximum Gasteiger partial charge on any atom is 0.118 e. The minimum Gasteiger partial charge on any atom is -0.508 e. The molecule has 0 aromatic heterocycles. The Hall–Kier alpha value is -2.16. The molecule has 82 valence electrons. The molecule has 3 heteroatoms. The fraction of sp³-hybridized carbons (Fsp3) is 0.0769. The molecule has 0 unspecified atom stereocenters. The number of phenols is 1. The van der Waals surface area contributed by atoms with Crippen LogP contribution in [0.2, 0.25) is 0 Å². The average molecular weight is 214 g/mol. The Labute approximate surface area is 94.5 Å². The third kappa shape index (κ3) is 2.25. The van der Waals surface area contributed by atoms with Gasteiger partial charge in [0.25, 0.3) is 0 Å². The SMILES string of the molecule is Cc1cc(Nc2ccc(N)cc2)ccc1O. The average Bonchev–Trinajstić information content (AvgIpc) is 2.27. The normalized spacial score (nSPS) is 10.1. The van der Waals surface area contributed by atoms with Crippen molar-refractivity contribution in [1.82, 2.24) is 0 Å². The van der Waals surface area contributed by atoms with Crippen LogP contribution in [-0.2, 0) is 0 Å². The number of hydrogen-bond acceptors (Lipinski definition) is 3. The van der Waals surface area contributed by atoms with Gasteiger partial charge in [-0.15, -0.1) is 0 Å². The molecule has 0 amide bonds. The molecule has 0 saturated heterocycles. The summed E-state index contributed by atoms with van der Waals surface area (Å²) in [4.78, 5) is 0. The summed E-state index contributed by atoms with van der Waals surface area (Å²) >= 11 is 0. The Balaban J connectivity index is 2.20. The van der Waals surface area contributed by atoms with E-state index in [1.54, 1.807) is 6.07 Å². The Morgan fingerprint density at radius 3 is 2.25 bits per heavy atom. The molecule has 3 nitrogen and oxygen atoms in total. The van der Waals surface area contributed by atoms with Crippen molar-refractivity contribution < 1.29 is 5.11 Å². The van der Waals surface area contributed by atoms with Gasteiger partial charge in [0, 0.05) is 17.1 Å². The first kappa shape index (κ1) is 10.4. The van der Waals surface area contributed by atoms with E-state index in [9.17, 15) is 5.11 Å². The molecule has 2 aromatic rings. The first-order valence-corrected chi connectivity index (χ1v) is 5.07. The molecule has 0 radical (unpaired) electrons. The second-order valence-corrected chi connectivity index (χ2v) is 3.75. The van der Waals surface area contributed by atoms with Crippen molar-refractivity contribution in [3.05, 3.63) is 48.0 Å². The van der Waals surface area contributed by atoms with Crippen LogP contribution in [0, 0.1) is 6.92 Å². The Bertz CT molecular complexity index is 492. The molecule has 0 saturated carbocycles. The smallest absolute Gasteiger partial charge is 0.118 e. The summed E-state index contributed by atoms with van der Waals surface area (Å²) in [6, 6.07) is 12.9. The van der Waals surface area contributed by atoms with Crippen molar-refractivity contribution in [2.45, 2.75) is 6.92 Å². The van der Waals surface area contributed by atoms with Crippen LogP contribution in [0.5, 0.6) is 5.75 Å². The van der Waals surface area contributed by atoms with E-state index in [0.717, 1.165) is 22.6 Å². The van der Waals surface area contributed by atoms with E-state index in [1.165, 1.54) is 0 Å². The largest absolute Gasteiger partial charge is 0.508 e. The highest BCUT2D eigenvalue weighted by atomic mass is 16.3. The van der Waals surface area contributed by atoms with E-state index in [1.807, 2.05) is 43.3 Å². The molecule has 0 fully saturated rings. The van der Waals surface area contributed by atoms with E-state index in [0.29, 0.717) is 5.75 Å². The highest BCUT2D eigenvalue weighted by Gasteiger charge is 1.98. The number of nitrogen functional groups attached to an aromatic ring is 1. The van der Waals surface area contributed by atoms with Gasteiger partial charge in [0.05, 0.1) is 0 Å². The zero-order valence-electron chi connectivity index (χ0n) is 9.07. The maximum absolute atomic E-state index is 9.40. The number of hydrogen-bond donors (Lipinski definition) is 3. The van der Waals surface area contributed by atoms with Crippen LogP contribution in [0.1, 0.15) is 5.56 Å². The molecule has 2 aromatic carbocycles. The summed E-state index contributed by atoms with van der Waals surface area (Å²) < 4.78 is 0. The van der Waals surface area contributed by atoms with Crippen molar-refractivity contribution in [3.8, 4) is 5.75 Å². The predicted molar refractivity (Wildman–Crippen MR) is 67.0 cm³/mol. The molecule has 2 rings (SSSR count). The summed E-state index contributed by atoms with van der Waals surface area (Å²) in [5, 5.41) is 12.6. The molecule has 0 aliphatic rings. The first-order chi connectivity index (χ1) is 7.65. The molecule has 0 atom stereocenters. The second-order valence-electron chi connectivity index (χ2n) is 3.75. The molecular weight excluding hydrogens is 200 g/mol. The van der Waals surface area contributed by atoms with Gasteiger partial charge in [-0.2, -0.15) is 0 Å². The number of aryl methyl sites for hydroxylation is 1. The van der Waals surface area contributed by atoms with E-state index < -0.39 is 0 Å². The molecular formula is C13H14N2O.